The lowest BCUT2D eigenvalue weighted by atomic mass is 9.74. The van der Waals surface area contributed by atoms with E-state index in [1.165, 1.54) is 0 Å². The van der Waals surface area contributed by atoms with Gasteiger partial charge in [-0.15, -0.1) is 0 Å². The zero-order chi connectivity index (χ0) is 10.0. The topological polar surface area (TPSA) is 57.5 Å². The average Bonchev–Trinajstić information content (AvgIpc) is 2.02. The summed E-state index contributed by atoms with van der Waals surface area (Å²) in [6.45, 7) is 3.49. The molecule has 3 nitrogen and oxygen atoms in total. The van der Waals surface area contributed by atoms with Crippen LogP contribution in [0.5, 0.6) is 0 Å². The van der Waals surface area contributed by atoms with Crippen LogP contribution in [-0.2, 0) is 0 Å². The van der Waals surface area contributed by atoms with E-state index < -0.39 is 7.12 Å². The van der Waals surface area contributed by atoms with Gasteiger partial charge in [0.1, 0.15) is 6.29 Å². The van der Waals surface area contributed by atoms with Crippen molar-refractivity contribution in [2.75, 3.05) is 0 Å². The van der Waals surface area contributed by atoms with Gasteiger partial charge < -0.3 is 10.0 Å². The molecule has 0 saturated heterocycles. The highest BCUT2D eigenvalue weighted by Gasteiger charge is 2.16. The van der Waals surface area contributed by atoms with Crippen molar-refractivity contribution in [1.82, 2.24) is 0 Å². The number of benzene rings is 1. The molecule has 1 rings (SSSR count). The summed E-state index contributed by atoms with van der Waals surface area (Å²) in [5.41, 5.74) is 2.47. The Balaban J connectivity index is 3.31. The number of carbonyl (C=O) groups excluding carboxylic acids is 1. The minimum absolute atomic E-state index is 0.477. The molecule has 0 heterocycles. The molecule has 0 aliphatic heterocycles. The molecule has 0 aliphatic carbocycles. The standard InChI is InChI=1S/C9H11BO3/c1-6-3-8(5-11)4-7(2)9(6)10(12)13/h3-5,12-13H,1-2H3. The van der Waals surface area contributed by atoms with Gasteiger partial charge in [-0.25, -0.2) is 0 Å². The maximum atomic E-state index is 10.5. The molecule has 13 heavy (non-hydrogen) atoms. The number of hydrogen-bond acceptors (Lipinski definition) is 3. The summed E-state index contributed by atoms with van der Waals surface area (Å²) in [5.74, 6) is 0. The second-order valence-electron chi connectivity index (χ2n) is 3.06. The summed E-state index contributed by atoms with van der Waals surface area (Å²) in [6.07, 6.45) is 0.744. The lowest BCUT2D eigenvalue weighted by molar-refractivity contribution is 0.112. The summed E-state index contributed by atoms with van der Waals surface area (Å²) in [4.78, 5) is 10.5. The van der Waals surface area contributed by atoms with Crippen LogP contribution < -0.4 is 5.46 Å². The maximum Gasteiger partial charge on any atom is 0.488 e. The summed E-state index contributed by atoms with van der Waals surface area (Å²) >= 11 is 0. The largest absolute Gasteiger partial charge is 0.488 e. The van der Waals surface area contributed by atoms with Crippen molar-refractivity contribution in [3.63, 3.8) is 0 Å². The molecule has 1 aromatic carbocycles. The van der Waals surface area contributed by atoms with Crippen LogP contribution in [0.1, 0.15) is 21.5 Å². The Morgan fingerprint density at radius 2 is 1.69 bits per heavy atom. The van der Waals surface area contributed by atoms with Gasteiger partial charge in [0.05, 0.1) is 0 Å². The van der Waals surface area contributed by atoms with Crippen molar-refractivity contribution in [3.8, 4) is 0 Å². The molecule has 0 fully saturated rings. The predicted molar refractivity (Wildman–Crippen MR) is 51.1 cm³/mol. The average molecular weight is 178 g/mol. The van der Waals surface area contributed by atoms with Crippen LogP contribution in [0.2, 0.25) is 0 Å². The normalized spacial score (nSPS) is 9.85. The highest BCUT2D eigenvalue weighted by molar-refractivity contribution is 6.59. The molecule has 68 valence electrons. The molecule has 0 radical (unpaired) electrons. The number of aryl methyl sites for hydroxylation is 2. The van der Waals surface area contributed by atoms with Crippen LogP contribution in [0, 0.1) is 13.8 Å². The summed E-state index contributed by atoms with van der Waals surface area (Å²) < 4.78 is 0. The highest BCUT2D eigenvalue weighted by atomic mass is 16.4. The molecule has 0 atom stereocenters. The van der Waals surface area contributed by atoms with Crippen LogP contribution in [0.4, 0.5) is 0 Å². The van der Waals surface area contributed by atoms with Crippen LogP contribution in [0.25, 0.3) is 0 Å². The van der Waals surface area contributed by atoms with Crippen LogP contribution in [0.15, 0.2) is 12.1 Å². The number of rotatable bonds is 2. The third kappa shape index (κ3) is 1.97. The Hall–Kier alpha value is -1.13. The molecule has 1 aromatic rings. The third-order valence-corrected chi connectivity index (χ3v) is 2.01. The second kappa shape index (κ2) is 3.72. The van der Waals surface area contributed by atoms with Crippen molar-refractivity contribution >= 4 is 18.9 Å². The van der Waals surface area contributed by atoms with Crippen molar-refractivity contribution in [2.45, 2.75) is 13.8 Å². The van der Waals surface area contributed by atoms with E-state index in [0.29, 0.717) is 11.0 Å². The molecule has 4 heteroatoms. The van der Waals surface area contributed by atoms with Gasteiger partial charge in [-0.1, -0.05) is 11.1 Å². The van der Waals surface area contributed by atoms with Gasteiger partial charge in [0.25, 0.3) is 0 Å². The van der Waals surface area contributed by atoms with E-state index in [1.54, 1.807) is 26.0 Å². The smallest absolute Gasteiger partial charge is 0.423 e. The van der Waals surface area contributed by atoms with Crippen molar-refractivity contribution < 1.29 is 14.8 Å². The molecule has 0 bridgehead atoms. The molecular formula is C9H11BO3. The fourth-order valence-corrected chi connectivity index (χ4v) is 1.48. The lowest BCUT2D eigenvalue weighted by Crippen LogP contribution is -2.34. The van der Waals surface area contributed by atoms with E-state index in [-0.39, 0.29) is 0 Å². The Kier molecular flexibility index (Phi) is 2.85. The van der Waals surface area contributed by atoms with Gasteiger partial charge in [-0.05, 0) is 31.4 Å². The highest BCUT2D eigenvalue weighted by Crippen LogP contribution is 2.05. The zero-order valence-electron chi connectivity index (χ0n) is 7.61. The van der Waals surface area contributed by atoms with Gasteiger partial charge in [-0.3, -0.25) is 4.79 Å². The van der Waals surface area contributed by atoms with E-state index in [1.807, 2.05) is 0 Å². The van der Waals surface area contributed by atoms with Crippen LogP contribution in [-0.4, -0.2) is 23.5 Å². The Morgan fingerprint density at radius 1 is 1.23 bits per heavy atom. The molecule has 0 amide bonds. The molecule has 0 unspecified atom stereocenters. The fourth-order valence-electron chi connectivity index (χ4n) is 1.48. The SMILES string of the molecule is Cc1cc(C=O)cc(C)c1B(O)O. The van der Waals surface area contributed by atoms with Gasteiger partial charge in [0, 0.05) is 5.56 Å². The van der Waals surface area contributed by atoms with Crippen LogP contribution >= 0.6 is 0 Å². The quantitative estimate of drug-likeness (QED) is 0.486. The Labute approximate surface area is 77.2 Å². The van der Waals surface area contributed by atoms with Gasteiger partial charge in [0.2, 0.25) is 0 Å². The molecular weight excluding hydrogens is 167 g/mol. The predicted octanol–water partition coefficient (Wildman–Crippen LogP) is -0.204. The third-order valence-electron chi connectivity index (χ3n) is 2.01. The molecule has 0 aliphatic rings. The van der Waals surface area contributed by atoms with E-state index in [9.17, 15) is 4.79 Å². The van der Waals surface area contributed by atoms with Crippen molar-refractivity contribution in [2.24, 2.45) is 0 Å². The number of hydrogen-bond donors (Lipinski definition) is 2. The second-order valence-corrected chi connectivity index (χ2v) is 3.06. The molecule has 2 N–H and O–H groups in total. The number of aldehydes is 1. The Bertz CT molecular complexity index is 311. The fraction of sp³-hybridized carbons (Fsp3) is 0.222. The van der Waals surface area contributed by atoms with Crippen molar-refractivity contribution in [3.05, 3.63) is 28.8 Å². The zero-order valence-corrected chi connectivity index (χ0v) is 7.61. The van der Waals surface area contributed by atoms with Crippen molar-refractivity contribution in [1.29, 1.82) is 0 Å². The van der Waals surface area contributed by atoms with Gasteiger partial charge in [-0.2, -0.15) is 0 Å². The van der Waals surface area contributed by atoms with Gasteiger partial charge >= 0.3 is 7.12 Å². The summed E-state index contributed by atoms with van der Waals surface area (Å²) in [7, 11) is -1.47. The molecule has 0 aromatic heterocycles. The Morgan fingerprint density at radius 3 is 2.00 bits per heavy atom. The first-order valence-corrected chi connectivity index (χ1v) is 3.98. The monoisotopic (exact) mass is 178 g/mol. The van der Waals surface area contributed by atoms with E-state index in [2.05, 4.69) is 0 Å². The minimum Gasteiger partial charge on any atom is -0.423 e. The number of carbonyl (C=O) groups is 1. The first-order valence-electron chi connectivity index (χ1n) is 3.98. The summed E-state index contributed by atoms with van der Waals surface area (Å²) in [5, 5.41) is 18.0. The minimum atomic E-state index is -1.47. The first kappa shape index (κ1) is 9.96. The summed E-state index contributed by atoms with van der Waals surface area (Å²) in [6, 6.07) is 3.27. The lowest BCUT2D eigenvalue weighted by Gasteiger charge is -2.08. The molecule has 0 saturated carbocycles. The van der Waals surface area contributed by atoms with E-state index >= 15 is 0 Å². The van der Waals surface area contributed by atoms with E-state index in [0.717, 1.165) is 17.4 Å². The van der Waals surface area contributed by atoms with Crippen LogP contribution in [0.3, 0.4) is 0 Å². The van der Waals surface area contributed by atoms with E-state index in [4.69, 9.17) is 10.0 Å². The maximum absolute atomic E-state index is 10.5. The molecule has 0 spiro atoms. The first-order chi connectivity index (χ1) is 6.06. The van der Waals surface area contributed by atoms with Gasteiger partial charge in [0.15, 0.2) is 0 Å².